The molecule has 0 radical (unpaired) electrons. The fourth-order valence-corrected chi connectivity index (χ4v) is 7.18. The maximum absolute atomic E-state index is 14.3. The topological polar surface area (TPSA) is 269 Å². The second kappa shape index (κ2) is 22.0. The molecule has 5 atom stereocenters. The standard InChI is InChI=1S/C43H56N10O6/c44-21-7-6-14-35(42(58)59)51-41(57)37(25-30-26-49-32-13-5-4-12-31(30)32)53-39(55)34(16-9-23-48-43(45)46)50-40(56)36(52-38(54)33-15-8-22-47-33)24-27-17-19-29(20-18-27)28-10-2-1-3-11-28/h1-5,10-13,17-20,26,33-37,47,49H,6-9,14-16,21-25,44H2,(H,50,56)(H,51,57)(H,52,54)(H,53,55)(H,58,59)(H4,45,46,48)/t33-,34-,35-,36-,37-/m0/s1. The number of benzene rings is 3. The molecule has 1 fully saturated rings. The number of unbranched alkanes of at least 4 members (excludes halogenated alkanes) is 1. The number of carboxylic acid groups (broad SMARTS) is 1. The van der Waals surface area contributed by atoms with Crippen LogP contribution in [-0.2, 0) is 36.8 Å². The van der Waals surface area contributed by atoms with Crippen LogP contribution >= 0.6 is 0 Å². The molecule has 0 bridgehead atoms. The van der Waals surface area contributed by atoms with Crippen molar-refractivity contribution in [3.8, 4) is 11.1 Å². The van der Waals surface area contributed by atoms with Crippen molar-refractivity contribution < 1.29 is 29.1 Å². The Kier molecular flexibility index (Phi) is 16.4. The van der Waals surface area contributed by atoms with Gasteiger partial charge in [-0.1, -0.05) is 72.8 Å². The van der Waals surface area contributed by atoms with E-state index in [1.807, 2.05) is 78.9 Å². The Hall–Kier alpha value is -6.26. The molecule has 16 nitrogen and oxygen atoms in total. The van der Waals surface area contributed by atoms with Gasteiger partial charge in [-0.2, -0.15) is 0 Å². The number of guanidine groups is 1. The van der Waals surface area contributed by atoms with Crippen LogP contribution in [0.3, 0.4) is 0 Å². The predicted molar refractivity (Wildman–Crippen MR) is 226 cm³/mol. The van der Waals surface area contributed by atoms with Gasteiger partial charge >= 0.3 is 5.97 Å². The van der Waals surface area contributed by atoms with Gasteiger partial charge in [0.2, 0.25) is 23.6 Å². The highest BCUT2D eigenvalue weighted by molar-refractivity contribution is 5.96. The van der Waals surface area contributed by atoms with E-state index in [2.05, 4.69) is 36.9 Å². The van der Waals surface area contributed by atoms with E-state index in [-0.39, 0.29) is 44.1 Å². The number of carbonyl (C=O) groups is 5. The Labute approximate surface area is 343 Å². The molecule has 13 N–H and O–H groups in total. The first kappa shape index (κ1) is 43.9. The normalized spacial score (nSPS) is 15.6. The highest BCUT2D eigenvalue weighted by atomic mass is 16.4. The second-order valence-corrected chi connectivity index (χ2v) is 14.8. The largest absolute Gasteiger partial charge is 0.480 e. The van der Waals surface area contributed by atoms with Crippen molar-refractivity contribution in [3.05, 3.63) is 96.2 Å². The number of fused-ring (bicyclic) bond motifs is 1. The predicted octanol–water partition coefficient (Wildman–Crippen LogP) is 1.79. The zero-order valence-corrected chi connectivity index (χ0v) is 33.1. The number of nitrogens with two attached hydrogens (primary N) is 2. The first-order valence-electron chi connectivity index (χ1n) is 20.2. The van der Waals surface area contributed by atoms with Gasteiger partial charge in [0.05, 0.1) is 6.04 Å². The van der Waals surface area contributed by atoms with Crippen molar-refractivity contribution in [2.45, 2.75) is 88.0 Å². The van der Waals surface area contributed by atoms with Crippen LogP contribution in [0.1, 0.15) is 56.1 Å². The lowest BCUT2D eigenvalue weighted by Crippen LogP contribution is -2.59. The molecule has 0 saturated carbocycles. The summed E-state index contributed by atoms with van der Waals surface area (Å²) in [6.45, 7) is 1.27. The smallest absolute Gasteiger partial charge is 0.326 e. The molecule has 1 aromatic heterocycles. The molecule has 4 amide bonds. The molecule has 16 heteroatoms. The quantitative estimate of drug-likeness (QED) is 0.0311. The van der Waals surface area contributed by atoms with Crippen molar-refractivity contribution >= 4 is 46.5 Å². The van der Waals surface area contributed by atoms with E-state index in [1.165, 1.54) is 0 Å². The third-order valence-corrected chi connectivity index (χ3v) is 10.4. The van der Waals surface area contributed by atoms with Crippen molar-refractivity contribution in [3.63, 3.8) is 0 Å². The SMILES string of the molecule is N=C(N)NCCC[C@H](NC(=O)[C@H](Cc1ccc(-c2ccccc2)cc1)NC(=O)[C@@H]1CCCN1)C(=O)N[C@@H](Cc1c[nH]c2ccccc12)C(=O)N[C@@H](CCCCN)C(=O)O. The lowest BCUT2D eigenvalue weighted by atomic mass is 9.99. The number of hydrogen-bond donors (Lipinski definition) is 11. The highest BCUT2D eigenvalue weighted by Crippen LogP contribution is 2.21. The van der Waals surface area contributed by atoms with Gasteiger partial charge in [0.15, 0.2) is 5.96 Å². The summed E-state index contributed by atoms with van der Waals surface area (Å²) in [5.41, 5.74) is 15.4. The minimum Gasteiger partial charge on any atom is -0.480 e. The molecule has 0 aliphatic carbocycles. The summed E-state index contributed by atoms with van der Waals surface area (Å²) in [6.07, 6.45) is 4.88. The number of carboxylic acids is 1. The molecule has 4 aromatic rings. The van der Waals surface area contributed by atoms with E-state index in [4.69, 9.17) is 16.9 Å². The summed E-state index contributed by atoms with van der Waals surface area (Å²) in [4.78, 5) is 71.2. The van der Waals surface area contributed by atoms with Gasteiger partial charge in [0.1, 0.15) is 24.2 Å². The maximum atomic E-state index is 14.3. The van der Waals surface area contributed by atoms with Crippen LogP contribution < -0.4 is 43.4 Å². The molecule has 3 aromatic carbocycles. The first-order valence-corrected chi connectivity index (χ1v) is 20.2. The molecular formula is C43H56N10O6. The third kappa shape index (κ3) is 13.1. The number of carbonyl (C=O) groups excluding carboxylic acids is 4. The number of aliphatic carboxylic acids is 1. The van der Waals surface area contributed by atoms with Gasteiger partial charge in [-0.25, -0.2) is 4.79 Å². The van der Waals surface area contributed by atoms with Gasteiger partial charge in [-0.05, 0) is 86.4 Å². The van der Waals surface area contributed by atoms with E-state index in [0.29, 0.717) is 44.3 Å². The number of amides is 4. The molecule has 1 saturated heterocycles. The molecule has 1 aliphatic heterocycles. The Morgan fingerprint density at radius 1 is 0.746 bits per heavy atom. The van der Waals surface area contributed by atoms with Gasteiger partial charge < -0.3 is 53.5 Å². The summed E-state index contributed by atoms with van der Waals surface area (Å²) in [5, 5.41) is 35.3. The zero-order chi connectivity index (χ0) is 42.1. The lowest BCUT2D eigenvalue weighted by Gasteiger charge is -2.27. The Balaban J connectivity index is 1.39. The van der Waals surface area contributed by atoms with Crippen molar-refractivity contribution in [2.75, 3.05) is 19.6 Å². The fourth-order valence-electron chi connectivity index (χ4n) is 7.18. The van der Waals surface area contributed by atoms with Crippen molar-refractivity contribution in [1.29, 1.82) is 5.41 Å². The summed E-state index contributed by atoms with van der Waals surface area (Å²) >= 11 is 0. The molecule has 0 unspecified atom stereocenters. The van der Waals surface area contributed by atoms with Crippen LogP contribution in [0.4, 0.5) is 0 Å². The number of rotatable bonds is 22. The van der Waals surface area contributed by atoms with Crippen molar-refractivity contribution in [2.24, 2.45) is 11.5 Å². The summed E-state index contributed by atoms with van der Waals surface area (Å²) in [7, 11) is 0. The average Bonchev–Trinajstić information content (AvgIpc) is 3.93. The zero-order valence-electron chi connectivity index (χ0n) is 33.1. The molecule has 314 valence electrons. The van der Waals surface area contributed by atoms with Crippen LogP contribution in [0, 0.1) is 5.41 Å². The van der Waals surface area contributed by atoms with Crippen LogP contribution in [0.15, 0.2) is 85.1 Å². The number of hydrogen-bond acceptors (Lipinski definition) is 8. The van der Waals surface area contributed by atoms with Crippen LogP contribution in [0.25, 0.3) is 22.0 Å². The first-order chi connectivity index (χ1) is 28.5. The molecule has 5 rings (SSSR count). The van der Waals surface area contributed by atoms with E-state index < -0.39 is 53.9 Å². The van der Waals surface area contributed by atoms with Gasteiger partial charge in [-0.15, -0.1) is 0 Å². The van der Waals surface area contributed by atoms with Gasteiger partial charge in [-0.3, -0.25) is 24.6 Å². The van der Waals surface area contributed by atoms with E-state index in [9.17, 15) is 29.1 Å². The maximum Gasteiger partial charge on any atom is 0.326 e. The summed E-state index contributed by atoms with van der Waals surface area (Å²) < 4.78 is 0. The molecular weight excluding hydrogens is 753 g/mol. The fraction of sp³-hybridized carbons (Fsp3) is 0.395. The minimum atomic E-state index is -1.24. The van der Waals surface area contributed by atoms with Crippen LogP contribution in [-0.4, -0.2) is 95.5 Å². The Morgan fingerprint density at radius 3 is 2.05 bits per heavy atom. The number of aromatic amines is 1. The highest BCUT2D eigenvalue weighted by Gasteiger charge is 2.33. The average molecular weight is 809 g/mol. The number of H-pyrrole nitrogens is 1. The van der Waals surface area contributed by atoms with Crippen LogP contribution in [0.2, 0.25) is 0 Å². The number of para-hydroxylation sites is 1. The number of nitrogens with one attached hydrogen (secondary N) is 8. The van der Waals surface area contributed by atoms with Gasteiger partial charge in [0, 0.05) is 36.5 Å². The molecule has 0 spiro atoms. The summed E-state index contributed by atoms with van der Waals surface area (Å²) in [5.74, 6) is -3.80. The van der Waals surface area contributed by atoms with Crippen molar-refractivity contribution in [1.82, 2.24) is 36.9 Å². The monoisotopic (exact) mass is 808 g/mol. The van der Waals surface area contributed by atoms with E-state index >= 15 is 0 Å². The van der Waals surface area contributed by atoms with E-state index in [0.717, 1.165) is 34.0 Å². The third-order valence-electron chi connectivity index (χ3n) is 10.4. The second-order valence-electron chi connectivity index (χ2n) is 14.8. The lowest BCUT2D eigenvalue weighted by molar-refractivity contribution is -0.142. The van der Waals surface area contributed by atoms with E-state index in [1.54, 1.807) is 6.20 Å². The Bertz CT molecular complexity index is 2030. The van der Waals surface area contributed by atoms with Crippen LogP contribution in [0.5, 0.6) is 0 Å². The molecule has 1 aliphatic rings. The minimum absolute atomic E-state index is 0.00926. The Morgan fingerprint density at radius 2 is 1.37 bits per heavy atom. The number of aromatic nitrogens is 1. The molecule has 59 heavy (non-hydrogen) atoms. The summed E-state index contributed by atoms with van der Waals surface area (Å²) in [6, 6.07) is 19.8. The van der Waals surface area contributed by atoms with Gasteiger partial charge in [0.25, 0.3) is 0 Å². The molecule has 2 heterocycles.